The molecule has 1 aromatic carbocycles. The highest BCUT2D eigenvalue weighted by Gasteiger charge is 2.20. The quantitative estimate of drug-likeness (QED) is 0.683. The van der Waals surface area contributed by atoms with E-state index in [0.717, 1.165) is 25.7 Å². The minimum absolute atomic E-state index is 0.0698. The Kier molecular flexibility index (Phi) is 6.39. The van der Waals surface area contributed by atoms with E-state index in [1.54, 1.807) is 30.2 Å². The number of aromatic nitrogens is 1. The Morgan fingerprint density at radius 2 is 1.77 bits per heavy atom. The van der Waals surface area contributed by atoms with Crippen molar-refractivity contribution in [2.24, 2.45) is 0 Å². The molecular formula is C20H24F2N2O2. The predicted octanol–water partition coefficient (Wildman–Crippen LogP) is 4.43. The smallest absolute Gasteiger partial charge is 0.213 e. The second kappa shape index (κ2) is 8.94. The van der Waals surface area contributed by atoms with Gasteiger partial charge in [-0.3, -0.25) is 0 Å². The molecule has 1 aromatic heterocycles. The molecule has 6 heteroatoms. The zero-order valence-corrected chi connectivity index (χ0v) is 15.0. The topological polar surface area (TPSA) is 34.6 Å². The van der Waals surface area contributed by atoms with Gasteiger partial charge in [0.05, 0.1) is 12.3 Å². The van der Waals surface area contributed by atoms with Gasteiger partial charge in [0, 0.05) is 44.9 Å². The number of ether oxygens (including phenoxy) is 2. The van der Waals surface area contributed by atoms with Crippen molar-refractivity contribution in [3.05, 3.63) is 42.0 Å². The highest BCUT2D eigenvalue weighted by Crippen LogP contribution is 2.31. The van der Waals surface area contributed by atoms with Gasteiger partial charge in [0.2, 0.25) is 5.88 Å². The molecule has 0 unspecified atom stereocenters. The third-order valence-electron chi connectivity index (χ3n) is 4.45. The van der Waals surface area contributed by atoms with Crippen LogP contribution in [0, 0.1) is 11.6 Å². The molecule has 1 saturated heterocycles. The summed E-state index contributed by atoms with van der Waals surface area (Å²) < 4.78 is 39.8. The first-order valence-corrected chi connectivity index (χ1v) is 9.02. The number of piperidine rings is 1. The molecule has 0 N–H and O–H groups in total. The monoisotopic (exact) mass is 362 g/mol. The molecule has 1 aliphatic rings. The molecule has 2 aromatic rings. The third kappa shape index (κ3) is 4.49. The Labute approximate surface area is 152 Å². The lowest BCUT2D eigenvalue weighted by Crippen LogP contribution is -2.31. The molecule has 2 heterocycles. The maximum absolute atomic E-state index is 14.6. The molecule has 3 rings (SSSR count). The Morgan fingerprint density at radius 1 is 1.04 bits per heavy atom. The van der Waals surface area contributed by atoms with Crippen molar-refractivity contribution >= 4 is 5.69 Å². The molecule has 0 atom stereocenters. The van der Waals surface area contributed by atoms with E-state index < -0.39 is 11.6 Å². The van der Waals surface area contributed by atoms with Crippen molar-refractivity contribution in [1.29, 1.82) is 0 Å². The Bertz CT molecular complexity index is 710. The number of methoxy groups -OCH3 is 1. The molecule has 0 radical (unpaired) electrons. The van der Waals surface area contributed by atoms with Gasteiger partial charge in [-0.2, -0.15) is 0 Å². The van der Waals surface area contributed by atoms with Crippen LogP contribution in [-0.2, 0) is 4.74 Å². The van der Waals surface area contributed by atoms with Gasteiger partial charge in [-0.15, -0.1) is 0 Å². The van der Waals surface area contributed by atoms with Crippen molar-refractivity contribution < 1.29 is 18.3 Å². The van der Waals surface area contributed by atoms with Gasteiger partial charge < -0.3 is 14.4 Å². The molecule has 0 bridgehead atoms. The molecular weight excluding hydrogens is 338 g/mol. The standard InChI is InChI=1S/C20H24F2N2O2/c1-25-11-6-12-26-19-8-5-7-18(23-19)15-13-16(21)20(17(22)14-15)24-9-3-2-4-10-24/h5,7-8,13-14H,2-4,6,9-12H2,1H3. The van der Waals surface area contributed by atoms with E-state index in [9.17, 15) is 8.78 Å². The Hall–Kier alpha value is -2.21. The number of halogens is 2. The third-order valence-corrected chi connectivity index (χ3v) is 4.45. The fourth-order valence-electron chi connectivity index (χ4n) is 3.17. The van der Waals surface area contributed by atoms with Gasteiger partial charge >= 0.3 is 0 Å². The van der Waals surface area contributed by atoms with Crippen molar-refractivity contribution in [1.82, 2.24) is 4.98 Å². The number of anilines is 1. The van der Waals surface area contributed by atoms with Crippen molar-refractivity contribution in [2.45, 2.75) is 25.7 Å². The molecule has 140 valence electrons. The Balaban J connectivity index is 1.79. The summed E-state index contributed by atoms with van der Waals surface area (Å²) in [6, 6.07) is 7.92. The minimum atomic E-state index is -0.546. The van der Waals surface area contributed by atoms with Gasteiger partial charge in [-0.05, 0) is 37.5 Å². The Morgan fingerprint density at radius 3 is 2.46 bits per heavy atom. The zero-order valence-electron chi connectivity index (χ0n) is 15.0. The summed E-state index contributed by atoms with van der Waals surface area (Å²) in [5, 5.41) is 0. The maximum Gasteiger partial charge on any atom is 0.213 e. The van der Waals surface area contributed by atoms with Crippen LogP contribution >= 0.6 is 0 Å². The van der Waals surface area contributed by atoms with Crippen LogP contribution in [0.4, 0.5) is 14.5 Å². The molecule has 0 amide bonds. The second-order valence-corrected chi connectivity index (χ2v) is 6.39. The lowest BCUT2D eigenvalue weighted by molar-refractivity contribution is 0.170. The van der Waals surface area contributed by atoms with Crippen LogP contribution in [0.15, 0.2) is 30.3 Å². The largest absolute Gasteiger partial charge is 0.478 e. The first-order valence-electron chi connectivity index (χ1n) is 9.02. The number of hydrogen-bond acceptors (Lipinski definition) is 4. The summed E-state index contributed by atoms with van der Waals surface area (Å²) in [5.41, 5.74) is 0.959. The lowest BCUT2D eigenvalue weighted by atomic mass is 10.1. The van der Waals surface area contributed by atoms with Crippen molar-refractivity contribution in [3.63, 3.8) is 0 Å². The first-order chi connectivity index (χ1) is 12.7. The van der Waals surface area contributed by atoms with Gasteiger partial charge in [-0.1, -0.05) is 6.07 Å². The molecule has 0 aliphatic carbocycles. The summed E-state index contributed by atoms with van der Waals surface area (Å²) in [4.78, 5) is 6.15. The van der Waals surface area contributed by atoms with Gasteiger partial charge in [0.1, 0.15) is 17.3 Å². The highest BCUT2D eigenvalue weighted by atomic mass is 19.1. The molecule has 1 aliphatic heterocycles. The van der Waals surface area contributed by atoms with Gasteiger partial charge in [0.15, 0.2) is 0 Å². The fourth-order valence-corrected chi connectivity index (χ4v) is 3.17. The van der Waals surface area contributed by atoms with E-state index in [-0.39, 0.29) is 5.69 Å². The van der Waals surface area contributed by atoms with Crippen LogP contribution < -0.4 is 9.64 Å². The van der Waals surface area contributed by atoms with Crippen LogP contribution in [-0.4, -0.2) is 38.4 Å². The average molecular weight is 362 g/mol. The van der Waals surface area contributed by atoms with E-state index in [4.69, 9.17) is 9.47 Å². The summed E-state index contributed by atoms with van der Waals surface area (Å²) >= 11 is 0. The van der Waals surface area contributed by atoms with E-state index in [0.29, 0.717) is 43.4 Å². The van der Waals surface area contributed by atoms with Crippen LogP contribution in [0.25, 0.3) is 11.3 Å². The first kappa shape index (κ1) is 18.6. The minimum Gasteiger partial charge on any atom is -0.478 e. The number of rotatable bonds is 7. The number of nitrogens with zero attached hydrogens (tertiary/aromatic N) is 2. The van der Waals surface area contributed by atoms with E-state index in [1.807, 2.05) is 0 Å². The van der Waals surface area contributed by atoms with E-state index >= 15 is 0 Å². The predicted molar refractivity (Wildman–Crippen MR) is 97.6 cm³/mol. The number of benzene rings is 1. The summed E-state index contributed by atoms with van der Waals surface area (Å²) in [7, 11) is 1.63. The molecule has 1 fully saturated rings. The molecule has 0 saturated carbocycles. The van der Waals surface area contributed by atoms with E-state index in [1.165, 1.54) is 12.1 Å². The van der Waals surface area contributed by atoms with Crippen molar-refractivity contribution in [2.75, 3.05) is 38.3 Å². The summed E-state index contributed by atoms with van der Waals surface area (Å²) in [5.74, 6) is -0.662. The van der Waals surface area contributed by atoms with Crippen molar-refractivity contribution in [3.8, 4) is 17.1 Å². The van der Waals surface area contributed by atoms with Crippen LogP contribution in [0.3, 0.4) is 0 Å². The molecule has 26 heavy (non-hydrogen) atoms. The average Bonchev–Trinajstić information content (AvgIpc) is 2.66. The van der Waals surface area contributed by atoms with Crippen LogP contribution in [0.2, 0.25) is 0 Å². The lowest BCUT2D eigenvalue weighted by Gasteiger charge is -2.29. The van der Waals surface area contributed by atoms with Gasteiger partial charge in [0.25, 0.3) is 0 Å². The molecule has 4 nitrogen and oxygen atoms in total. The fraction of sp³-hybridized carbons (Fsp3) is 0.450. The molecule has 0 spiro atoms. The maximum atomic E-state index is 14.6. The SMILES string of the molecule is COCCCOc1cccc(-c2cc(F)c(N3CCCCC3)c(F)c2)n1. The number of hydrogen-bond donors (Lipinski definition) is 0. The normalized spacial score (nSPS) is 14.5. The zero-order chi connectivity index (χ0) is 18.4. The second-order valence-electron chi connectivity index (χ2n) is 6.39. The van der Waals surface area contributed by atoms with Gasteiger partial charge in [-0.25, -0.2) is 13.8 Å². The van der Waals surface area contributed by atoms with E-state index in [2.05, 4.69) is 4.98 Å². The van der Waals surface area contributed by atoms with Crippen LogP contribution in [0.5, 0.6) is 5.88 Å². The highest BCUT2D eigenvalue weighted by molar-refractivity contribution is 5.65. The van der Waals surface area contributed by atoms with Crippen LogP contribution in [0.1, 0.15) is 25.7 Å². The summed E-state index contributed by atoms with van der Waals surface area (Å²) in [6.07, 6.45) is 3.78. The number of pyridine rings is 1. The summed E-state index contributed by atoms with van der Waals surface area (Å²) in [6.45, 7) is 2.46.